The Morgan fingerprint density at radius 3 is 2.67 bits per heavy atom. The smallest absolute Gasteiger partial charge is 0.333 e. The van der Waals surface area contributed by atoms with Gasteiger partial charge in [-0.1, -0.05) is 13.5 Å². The lowest BCUT2D eigenvalue weighted by Gasteiger charge is -2.07. The van der Waals surface area contributed by atoms with E-state index in [0.29, 0.717) is 17.4 Å². The Balaban J connectivity index is 3.44. The van der Waals surface area contributed by atoms with Crippen LogP contribution in [0, 0.1) is 0 Å². The van der Waals surface area contributed by atoms with Gasteiger partial charge >= 0.3 is 5.97 Å². The molecule has 0 aromatic carbocycles. The molecule has 3 heteroatoms. The van der Waals surface area contributed by atoms with E-state index in [2.05, 4.69) is 26.1 Å². The maximum absolute atomic E-state index is 10.9. The first-order chi connectivity index (χ1) is 5.57. The molecule has 1 unspecified atom stereocenters. The van der Waals surface area contributed by atoms with Crippen LogP contribution in [0.5, 0.6) is 0 Å². The molecule has 12 heavy (non-hydrogen) atoms. The summed E-state index contributed by atoms with van der Waals surface area (Å²) >= 11 is 4.27. The molecule has 0 saturated carbocycles. The minimum absolute atomic E-state index is 0.313. The molecule has 0 amide bonds. The summed E-state index contributed by atoms with van der Waals surface area (Å²) in [5.41, 5.74) is 0.446. The van der Waals surface area contributed by atoms with E-state index in [0.717, 1.165) is 12.8 Å². The lowest BCUT2D eigenvalue weighted by molar-refractivity contribution is -0.139. The van der Waals surface area contributed by atoms with Crippen LogP contribution in [0.4, 0.5) is 0 Å². The molecule has 70 valence electrons. The molecule has 0 bridgehead atoms. The molecule has 0 aliphatic heterocycles. The minimum atomic E-state index is -0.313. The largest absolute Gasteiger partial charge is 0.462 e. The molecule has 0 aromatic heterocycles. The van der Waals surface area contributed by atoms with Crippen molar-refractivity contribution in [2.45, 2.75) is 31.9 Å². The third-order valence-corrected chi connectivity index (χ3v) is 2.13. The average Bonchev–Trinajstić information content (AvgIpc) is 2.03. The van der Waals surface area contributed by atoms with Crippen molar-refractivity contribution in [1.82, 2.24) is 0 Å². The van der Waals surface area contributed by atoms with Crippen molar-refractivity contribution >= 4 is 18.6 Å². The first-order valence-electron chi connectivity index (χ1n) is 4.08. The van der Waals surface area contributed by atoms with Gasteiger partial charge in [0.25, 0.3) is 0 Å². The number of hydrogen-bond donors (Lipinski definition) is 1. The Labute approximate surface area is 79.4 Å². The molecule has 0 aliphatic rings. The normalized spacial score (nSPS) is 12.2. The molecular formula is C9H16O2S. The van der Waals surface area contributed by atoms with Crippen LogP contribution < -0.4 is 0 Å². The second-order valence-corrected chi connectivity index (χ2v) is 3.50. The monoisotopic (exact) mass is 188 g/mol. The molecule has 0 N–H and O–H groups in total. The molecule has 0 spiro atoms. The lowest BCUT2D eigenvalue weighted by Crippen LogP contribution is -2.09. The van der Waals surface area contributed by atoms with Crippen LogP contribution >= 0.6 is 12.6 Å². The predicted molar refractivity (Wildman–Crippen MR) is 53.5 cm³/mol. The highest BCUT2D eigenvalue weighted by Gasteiger charge is 2.04. The standard InChI is InChI=1S/C9H16O2S/c1-4-8(12)5-6-11-9(10)7(2)3/h8,12H,2,4-6H2,1,3H3. The van der Waals surface area contributed by atoms with Crippen LogP contribution in [0.3, 0.4) is 0 Å². The van der Waals surface area contributed by atoms with E-state index in [-0.39, 0.29) is 5.97 Å². The molecule has 2 nitrogen and oxygen atoms in total. The van der Waals surface area contributed by atoms with Gasteiger partial charge in [0.2, 0.25) is 0 Å². The molecule has 0 aliphatic carbocycles. The average molecular weight is 188 g/mol. The van der Waals surface area contributed by atoms with Crippen molar-refractivity contribution in [3.63, 3.8) is 0 Å². The Morgan fingerprint density at radius 1 is 1.67 bits per heavy atom. The van der Waals surface area contributed by atoms with Gasteiger partial charge in [0, 0.05) is 10.8 Å². The Bertz CT molecular complexity index is 166. The summed E-state index contributed by atoms with van der Waals surface area (Å²) in [6.07, 6.45) is 1.80. The van der Waals surface area contributed by atoms with E-state index >= 15 is 0 Å². The summed E-state index contributed by atoms with van der Waals surface area (Å²) in [5.74, 6) is -0.313. The molecule has 0 aromatic rings. The first kappa shape index (κ1) is 11.6. The quantitative estimate of drug-likeness (QED) is 0.407. The van der Waals surface area contributed by atoms with Crippen LogP contribution in [-0.2, 0) is 9.53 Å². The molecule has 0 rings (SSSR count). The van der Waals surface area contributed by atoms with Crippen molar-refractivity contribution in [3.8, 4) is 0 Å². The maximum Gasteiger partial charge on any atom is 0.333 e. The highest BCUT2D eigenvalue weighted by molar-refractivity contribution is 7.80. The fourth-order valence-corrected chi connectivity index (χ4v) is 0.720. The number of hydrogen-bond acceptors (Lipinski definition) is 3. The molecule has 0 radical (unpaired) electrons. The lowest BCUT2D eigenvalue weighted by atomic mass is 10.2. The van der Waals surface area contributed by atoms with Gasteiger partial charge in [-0.15, -0.1) is 0 Å². The summed E-state index contributed by atoms with van der Waals surface area (Å²) in [4.78, 5) is 10.9. The van der Waals surface area contributed by atoms with Gasteiger partial charge in [-0.2, -0.15) is 12.6 Å². The van der Waals surface area contributed by atoms with Gasteiger partial charge in [-0.05, 0) is 19.8 Å². The summed E-state index contributed by atoms with van der Waals surface area (Å²) in [6, 6.07) is 0. The maximum atomic E-state index is 10.9. The van der Waals surface area contributed by atoms with Gasteiger partial charge in [0.15, 0.2) is 0 Å². The van der Waals surface area contributed by atoms with Crippen molar-refractivity contribution in [3.05, 3.63) is 12.2 Å². The minimum Gasteiger partial charge on any atom is -0.462 e. The summed E-state index contributed by atoms with van der Waals surface area (Å²) in [7, 11) is 0. The highest BCUT2D eigenvalue weighted by Crippen LogP contribution is 2.06. The number of rotatable bonds is 5. The van der Waals surface area contributed by atoms with Crippen molar-refractivity contribution in [1.29, 1.82) is 0 Å². The number of carbonyl (C=O) groups is 1. The van der Waals surface area contributed by atoms with Crippen LogP contribution in [0.15, 0.2) is 12.2 Å². The zero-order chi connectivity index (χ0) is 9.56. The van der Waals surface area contributed by atoms with Gasteiger partial charge in [-0.25, -0.2) is 4.79 Å². The van der Waals surface area contributed by atoms with Crippen molar-refractivity contribution in [2.75, 3.05) is 6.61 Å². The topological polar surface area (TPSA) is 26.3 Å². The highest BCUT2D eigenvalue weighted by atomic mass is 32.1. The molecule has 0 fully saturated rings. The fraction of sp³-hybridized carbons (Fsp3) is 0.667. The number of thiol groups is 1. The SMILES string of the molecule is C=C(C)C(=O)OCCC(S)CC. The van der Waals surface area contributed by atoms with Crippen LogP contribution in [0.25, 0.3) is 0 Å². The number of ether oxygens (including phenoxy) is 1. The van der Waals surface area contributed by atoms with Crippen LogP contribution in [0.2, 0.25) is 0 Å². The fourth-order valence-electron chi connectivity index (χ4n) is 0.615. The molecular weight excluding hydrogens is 172 g/mol. The third-order valence-electron chi connectivity index (χ3n) is 1.50. The van der Waals surface area contributed by atoms with Gasteiger partial charge < -0.3 is 4.74 Å². The van der Waals surface area contributed by atoms with Gasteiger partial charge in [0.05, 0.1) is 6.61 Å². The summed E-state index contributed by atoms with van der Waals surface area (Å²) in [6.45, 7) is 7.61. The van der Waals surface area contributed by atoms with Crippen molar-refractivity contribution in [2.24, 2.45) is 0 Å². The zero-order valence-corrected chi connectivity index (χ0v) is 8.56. The van der Waals surface area contributed by atoms with E-state index < -0.39 is 0 Å². The first-order valence-corrected chi connectivity index (χ1v) is 4.60. The van der Waals surface area contributed by atoms with Gasteiger partial charge in [0.1, 0.15) is 0 Å². The second-order valence-electron chi connectivity index (χ2n) is 2.77. The molecule has 0 heterocycles. The van der Waals surface area contributed by atoms with E-state index in [1.807, 2.05) is 0 Å². The van der Waals surface area contributed by atoms with E-state index in [4.69, 9.17) is 4.74 Å². The van der Waals surface area contributed by atoms with E-state index in [9.17, 15) is 4.79 Å². The number of esters is 1. The van der Waals surface area contributed by atoms with Crippen LogP contribution in [-0.4, -0.2) is 17.8 Å². The number of carbonyl (C=O) groups excluding carboxylic acids is 1. The van der Waals surface area contributed by atoms with E-state index in [1.54, 1.807) is 6.92 Å². The van der Waals surface area contributed by atoms with E-state index in [1.165, 1.54) is 0 Å². The zero-order valence-electron chi connectivity index (χ0n) is 7.67. The summed E-state index contributed by atoms with van der Waals surface area (Å²) < 4.78 is 4.89. The molecule has 1 atom stereocenters. The van der Waals surface area contributed by atoms with Gasteiger partial charge in [-0.3, -0.25) is 0 Å². The molecule has 0 saturated heterocycles. The Hall–Kier alpha value is -0.440. The third kappa shape index (κ3) is 5.24. The predicted octanol–water partition coefficient (Wildman–Crippen LogP) is 2.20. The Morgan fingerprint density at radius 2 is 2.25 bits per heavy atom. The summed E-state index contributed by atoms with van der Waals surface area (Å²) in [5, 5.41) is 0.322. The second kappa shape index (κ2) is 6.12. The van der Waals surface area contributed by atoms with Crippen molar-refractivity contribution < 1.29 is 9.53 Å². The van der Waals surface area contributed by atoms with Crippen LogP contribution in [0.1, 0.15) is 26.7 Å². The Kier molecular flexibility index (Phi) is 5.89.